The second-order valence-corrected chi connectivity index (χ2v) is 8.69. The number of H-pyrrole nitrogens is 1. The van der Waals surface area contributed by atoms with Crippen molar-refractivity contribution in [3.63, 3.8) is 0 Å². The van der Waals surface area contributed by atoms with E-state index in [2.05, 4.69) is 15.2 Å². The summed E-state index contributed by atoms with van der Waals surface area (Å²) in [5, 5.41) is 5.04. The number of ether oxygens (including phenoxy) is 3. The summed E-state index contributed by atoms with van der Waals surface area (Å²) in [6.07, 6.45) is 7.01. The Morgan fingerprint density at radius 3 is 2.70 bits per heavy atom. The van der Waals surface area contributed by atoms with E-state index in [0.29, 0.717) is 34.8 Å². The number of pyridine rings is 1. The smallest absolute Gasteiger partial charge is 0.253 e. The first-order chi connectivity index (χ1) is 14.7. The van der Waals surface area contributed by atoms with E-state index >= 15 is 0 Å². The topological polar surface area (TPSA) is 75.8 Å². The number of hydrogen-bond donors (Lipinski definition) is 2. The fraction of sp³-hybridized carbons (Fsp3) is 0.545. The lowest BCUT2D eigenvalue weighted by molar-refractivity contribution is 0.113. The van der Waals surface area contributed by atoms with E-state index in [1.165, 1.54) is 12.8 Å². The fourth-order valence-electron chi connectivity index (χ4n) is 4.63. The number of benzene rings is 1. The number of fused-ring (bicyclic) bond motifs is 2. The summed E-state index contributed by atoms with van der Waals surface area (Å²) >= 11 is 5.76. The van der Waals surface area contributed by atoms with Gasteiger partial charge in [0.25, 0.3) is 5.56 Å². The van der Waals surface area contributed by atoms with Crippen LogP contribution >= 0.6 is 12.2 Å². The van der Waals surface area contributed by atoms with E-state index in [9.17, 15) is 4.79 Å². The zero-order chi connectivity index (χ0) is 20.5. The molecule has 1 aromatic heterocycles. The molecule has 160 valence electrons. The molecule has 8 heteroatoms. The van der Waals surface area contributed by atoms with Gasteiger partial charge in [-0.2, -0.15) is 0 Å². The van der Waals surface area contributed by atoms with Crippen molar-refractivity contribution in [2.24, 2.45) is 0 Å². The predicted molar refractivity (Wildman–Crippen MR) is 118 cm³/mol. The minimum absolute atomic E-state index is 0.0914. The lowest BCUT2D eigenvalue weighted by Crippen LogP contribution is -2.47. The molecule has 2 fully saturated rings. The number of nitrogens with zero attached hydrogens (tertiary/aromatic N) is 1. The highest BCUT2D eigenvalue weighted by Crippen LogP contribution is 2.35. The van der Waals surface area contributed by atoms with E-state index in [1.807, 2.05) is 18.2 Å². The van der Waals surface area contributed by atoms with Crippen molar-refractivity contribution in [1.29, 1.82) is 0 Å². The van der Waals surface area contributed by atoms with Crippen LogP contribution in [0.5, 0.6) is 11.5 Å². The number of aromatic amines is 1. The molecule has 3 aliphatic rings. The summed E-state index contributed by atoms with van der Waals surface area (Å²) in [7, 11) is 0. The van der Waals surface area contributed by atoms with Gasteiger partial charge in [0, 0.05) is 36.2 Å². The lowest BCUT2D eigenvalue weighted by atomic mass is 10.1. The average Bonchev–Trinajstić information content (AvgIpc) is 3.51. The summed E-state index contributed by atoms with van der Waals surface area (Å²) < 4.78 is 16.6. The largest absolute Gasteiger partial charge is 0.454 e. The van der Waals surface area contributed by atoms with Crippen molar-refractivity contribution in [2.75, 3.05) is 19.9 Å². The minimum atomic E-state index is -0.0914. The Bertz CT molecular complexity index is 996. The quantitative estimate of drug-likeness (QED) is 0.708. The molecule has 1 aliphatic carbocycles. The molecule has 0 amide bonds. The molecule has 5 rings (SSSR count). The van der Waals surface area contributed by atoms with Gasteiger partial charge in [-0.3, -0.25) is 4.79 Å². The number of aromatic nitrogens is 1. The van der Waals surface area contributed by atoms with Crippen molar-refractivity contribution >= 4 is 28.2 Å². The maximum Gasteiger partial charge on any atom is 0.253 e. The van der Waals surface area contributed by atoms with Crippen molar-refractivity contribution in [2.45, 2.75) is 57.2 Å². The third-order valence-corrected chi connectivity index (χ3v) is 6.67. The third kappa shape index (κ3) is 3.98. The summed E-state index contributed by atoms with van der Waals surface area (Å²) in [5.41, 5.74) is 1.36. The second-order valence-electron chi connectivity index (χ2n) is 8.30. The first-order valence-corrected chi connectivity index (χ1v) is 11.2. The molecule has 7 nitrogen and oxygen atoms in total. The van der Waals surface area contributed by atoms with Crippen molar-refractivity contribution < 1.29 is 14.2 Å². The molecule has 0 unspecified atom stereocenters. The number of hydrogen-bond acceptors (Lipinski definition) is 5. The standard InChI is InChI=1S/C22H27N3O4S/c26-21-15(8-14-9-19-20(29-13-28-19)10-18(14)24-21)12-25(16-4-1-2-5-16)22(30)23-11-17-6-3-7-27-17/h8-10,16-17H,1-7,11-13H2,(H,23,30)(H,24,26)/t17-/m0/s1. The highest BCUT2D eigenvalue weighted by atomic mass is 32.1. The van der Waals surface area contributed by atoms with Crippen LogP contribution in [0.2, 0.25) is 0 Å². The summed E-state index contributed by atoms with van der Waals surface area (Å²) in [6, 6.07) is 6.05. The first-order valence-electron chi connectivity index (χ1n) is 10.8. The van der Waals surface area contributed by atoms with E-state index < -0.39 is 0 Å². The predicted octanol–water partition coefficient (Wildman–Crippen LogP) is 3.05. The van der Waals surface area contributed by atoms with E-state index in [0.717, 1.165) is 49.7 Å². The molecule has 1 saturated carbocycles. The number of rotatable bonds is 5. The average molecular weight is 430 g/mol. The Hall–Kier alpha value is -2.32. The van der Waals surface area contributed by atoms with Gasteiger partial charge in [-0.25, -0.2) is 0 Å². The van der Waals surface area contributed by atoms with Crippen LogP contribution in [0.4, 0.5) is 0 Å². The van der Waals surface area contributed by atoms with Crippen LogP contribution in [0, 0.1) is 0 Å². The van der Waals surface area contributed by atoms with E-state index in [1.54, 1.807) is 0 Å². The van der Waals surface area contributed by atoms with Crippen LogP contribution in [0.25, 0.3) is 10.9 Å². The Morgan fingerprint density at radius 2 is 1.93 bits per heavy atom. The van der Waals surface area contributed by atoms with Gasteiger partial charge in [0.05, 0.1) is 18.2 Å². The molecule has 0 bridgehead atoms. The van der Waals surface area contributed by atoms with Gasteiger partial charge in [-0.1, -0.05) is 12.8 Å². The summed E-state index contributed by atoms with van der Waals surface area (Å²) in [4.78, 5) is 18.0. The molecule has 2 aromatic rings. The van der Waals surface area contributed by atoms with E-state index in [-0.39, 0.29) is 18.5 Å². The Morgan fingerprint density at radius 1 is 1.13 bits per heavy atom. The van der Waals surface area contributed by atoms with Gasteiger partial charge < -0.3 is 29.4 Å². The van der Waals surface area contributed by atoms with E-state index in [4.69, 9.17) is 26.4 Å². The molecule has 2 aliphatic heterocycles. The SMILES string of the molecule is O=c1[nH]c2cc3c(cc2cc1CN(C(=S)NC[C@@H]1CCCO1)C1CCCC1)OCO3. The monoisotopic (exact) mass is 429 g/mol. The molecular weight excluding hydrogens is 402 g/mol. The first kappa shape index (κ1) is 19.6. The highest BCUT2D eigenvalue weighted by molar-refractivity contribution is 7.80. The molecule has 2 N–H and O–H groups in total. The van der Waals surface area contributed by atoms with Crippen LogP contribution < -0.4 is 20.3 Å². The van der Waals surface area contributed by atoms with Gasteiger partial charge in [0.1, 0.15) is 0 Å². The van der Waals surface area contributed by atoms with Gasteiger partial charge in [-0.15, -0.1) is 0 Å². The number of thiocarbonyl (C=S) groups is 1. The summed E-state index contributed by atoms with van der Waals surface area (Å²) in [6.45, 7) is 2.25. The highest BCUT2D eigenvalue weighted by Gasteiger charge is 2.27. The molecule has 1 aromatic carbocycles. The molecule has 0 spiro atoms. The van der Waals surface area contributed by atoms with Crippen molar-refractivity contribution in [1.82, 2.24) is 15.2 Å². The molecular formula is C22H27N3O4S. The fourth-order valence-corrected chi connectivity index (χ4v) is 4.93. The Labute approximate surface area is 180 Å². The van der Waals surface area contributed by atoms with Crippen LogP contribution in [0.15, 0.2) is 23.0 Å². The molecule has 3 heterocycles. The third-order valence-electron chi connectivity index (χ3n) is 6.29. The number of nitrogens with one attached hydrogen (secondary N) is 2. The second kappa shape index (κ2) is 8.43. The summed E-state index contributed by atoms with van der Waals surface area (Å²) in [5.74, 6) is 1.37. The molecule has 1 atom stereocenters. The maximum atomic E-state index is 12.8. The zero-order valence-corrected chi connectivity index (χ0v) is 17.8. The van der Waals surface area contributed by atoms with Crippen molar-refractivity contribution in [3.8, 4) is 11.5 Å². The Balaban J connectivity index is 1.38. The molecule has 30 heavy (non-hydrogen) atoms. The van der Waals surface area contributed by atoms with Gasteiger partial charge in [0.2, 0.25) is 6.79 Å². The molecule has 1 saturated heterocycles. The van der Waals surface area contributed by atoms with Gasteiger partial charge in [-0.05, 0) is 50.0 Å². The molecule has 0 radical (unpaired) electrons. The van der Waals surface area contributed by atoms with Crippen LogP contribution in [-0.4, -0.2) is 47.1 Å². The van der Waals surface area contributed by atoms with Crippen LogP contribution in [0.1, 0.15) is 44.1 Å². The minimum Gasteiger partial charge on any atom is -0.454 e. The lowest BCUT2D eigenvalue weighted by Gasteiger charge is -2.32. The normalized spacial score (nSPS) is 20.7. The van der Waals surface area contributed by atoms with Crippen molar-refractivity contribution in [3.05, 3.63) is 34.1 Å². The Kier molecular flexibility index (Phi) is 5.52. The maximum absolute atomic E-state index is 12.8. The van der Waals surface area contributed by atoms with Gasteiger partial charge >= 0.3 is 0 Å². The van der Waals surface area contributed by atoms with Crippen LogP contribution in [0.3, 0.4) is 0 Å². The van der Waals surface area contributed by atoms with Crippen LogP contribution in [-0.2, 0) is 11.3 Å². The van der Waals surface area contributed by atoms with Gasteiger partial charge in [0.15, 0.2) is 16.6 Å². The zero-order valence-electron chi connectivity index (χ0n) is 16.9.